The molecule has 0 saturated carbocycles. The molecule has 0 bridgehead atoms. The number of aliphatic carboxylic acids is 4. The molecule has 20 heteroatoms. The Balaban J connectivity index is -0.0000000561. The van der Waals surface area contributed by atoms with E-state index in [9.17, 15) is 19.2 Å². The number of carbonyl (C=O) groups is 4. The van der Waals surface area contributed by atoms with E-state index >= 15 is 0 Å². The molecule has 0 rings (SSSR count). The first-order valence-electron chi connectivity index (χ1n) is 6.32. The van der Waals surface area contributed by atoms with E-state index in [1.807, 2.05) is 0 Å². The Morgan fingerprint density at radius 3 is 0.867 bits per heavy atom. The normalized spacial score (nSPS) is 9.23. The number of rotatable bonds is 11. The molecule has 0 unspecified atom stereocenters. The first-order valence-corrected chi connectivity index (χ1v) is 8.64. The predicted octanol–water partition coefficient (Wildman–Crippen LogP) is -11.5. The zero-order chi connectivity index (χ0) is 22.2. The molecule has 0 heterocycles. The minimum atomic E-state index is -5.38. The molecule has 0 aromatic heterocycles. The second kappa shape index (κ2) is 26.2. The summed E-state index contributed by atoms with van der Waals surface area (Å²) in [6.45, 7) is -2.25. The summed E-state index contributed by atoms with van der Waals surface area (Å²) >= 11 is -1.74. The molecule has 0 aromatic rings. The Bertz CT molecular complexity index is 591. The Hall–Kier alpha value is 0.929. The van der Waals surface area contributed by atoms with Gasteiger partial charge in [-0.25, -0.2) is 0 Å². The van der Waals surface area contributed by atoms with Crippen molar-refractivity contribution in [1.29, 1.82) is 0 Å². The van der Waals surface area contributed by atoms with Crippen molar-refractivity contribution in [2.45, 2.75) is 0 Å². The van der Waals surface area contributed by atoms with Crippen molar-refractivity contribution in [3.05, 3.63) is 0 Å². The van der Waals surface area contributed by atoms with Crippen LogP contribution in [0.5, 0.6) is 0 Å². The molecule has 166 valence electrons. The maximum absolute atomic E-state index is 10.6. The van der Waals surface area contributed by atoms with Gasteiger partial charge in [-0.15, -0.1) is 0 Å². The van der Waals surface area contributed by atoms with Crippen LogP contribution in [0.3, 0.4) is 0 Å². The van der Waals surface area contributed by atoms with Crippen LogP contribution < -0.4 is 88.7 Å². The van der Waals surface area contributed by atoms with Gasteiger partial charge in [-0.05, 0) is 0 Å². The van der Waals surface area contributed by atoms with E-state index in [1.54, 1.807) is 0 Å². The fourth-order valence-electron chi connectivity index (χ4n) is 1.48. The summed E-state index contributed by atoms with van der Waals surface area (Å²) in [6.07, 6.45) is 0. The summed E-state index contributed by atoms with van der Waals surface area (Å²) in [5.41, 5.74) is 0. The van der Waals surface area contributed by atoms with Crippen LogP contribution in [0, 0.1) is 0 Å². The molecule has 0 aliphatic rings. The van der Waals surface area contributed by atoms with Crippen LogP contribution in [-0.2, 0) is 43.7 Å². The molecule has 0 atom stereocenters. The standard InChI is InChI=1S/C10H16N2O8.ClHO.Mn.3Na.H2O.3O.3H/c13-7(14)3-11(4-8(15)16)1-2-12(5-9(17)18)6-10(19)20;1-2;;;;;;;;;;;/h1-6H2,(H,13,14)(H,15,16)(H,17,18)(H,19,20);2H;;;;;1H2;;;;;;/q;;4*+1;;;;;3*-1/p-1. The van der Waals surface area contributed by atoms with Gasteiger partial charge in [0.2, 0.25) is 0 Å². The molecule has 0 aliphatic heterocycles. The van der Waals surface area contributed by atoms with Crippen molar-refractivity contribution < 1.29 is 166 Å². The van der Waals surface area contributed by atoms with E-state index in [0.717, 1.165) is 9.80 Å². The minimum absolute atomic E-state index is 0. The third-order valence-electron chi connectivity index (χ3n) is 2.17. The monoisotopic (exact) mass is 536 g/mol. The molecule has 0 amide bonds. The summed E-state index contributed by atoms with van der Waals surface area (Å²) in [5, 5.41) is 34.5. The number of hydrogen-bond acceptors (Lipinski definition) is 10. The third kappa shape index (κ3) is 46.9. The van der Waals surface area contributed by atoms with Crippen LogP contribution in [0.2, 0.25) is 0 Å². The van der Waals surface area contributed by atoms with E-state index in [1.165, 1.54) is 0 Å². The zero-order valence-corrected chi connectivity index (χ0v) is 24.4. The van der Waals surface area contributed by atoms with Crippen LogP contribution >= 0.6 is 11.9 Å². The van der Waals surface area contributed by atoms with Crippen LogP contribution in [0.1, 0.15) is 4.28 Å². The first kappa shape index (κ1) is 44.6. The van der Waals surface area contributed by atoms with Gasteiger partial charge >= 0.3 is 141 Å². The second-order valence-electron chi connectivity index (χ2n) is 4.39. The van der Waals surface area contributed by atoms with E-state index in [-0.39, 0.29) is 106 Å². The second-order valence-corrected chi connectivity index (χ2v) is 5.63. The van der Waals surface area contributed by atoms with Gasteiger partial charge in [-0.3, -0.25) is 33.6 Å². The number of carboxylic acids is 4. The number of halogens is 1. The number of carboxylic acid groups (broad SMARTS) is 4. The van der Waals surface area contributed by atoms with Crippen molar-refractivity contribution in [1.82, 2.24) is 9.80 Å². The average Bonchev–Trinajstić information content (AvgIpc) is 2.42. The zero-order valence-electron chi connectivity index (χ0n) is 19.4. The molecule has 30 heavy (non-hydrogen) atoms. The summed E-state index contributed by atoms with van der Waals surface area (Å²) in [7, 11) is 0. The summed E-state index contributed by atoms with van der Waals surface area (Å²) in [5.74, 6) is -4.91. The van der Waals surface area contributed by atoms with E-state index in [0.29, 0.717) is 0 Å². The molecule has 0 fully saturated rings. The van der Waals surface area contributed by atoms with Crippen molar-refractivity contribution >= 4 is 35.7 Å². The van der Waals surface area contributed by atoms with Gasteiger partial charge < -0.3 is 24.7 Å². The predicted molar refractivity (Wildman–Crippen MR) is 79.1 cm³/mol. The van der Waals surface area contributed by atoms with Crippen molar-refractivity contribution in [2.24, 2.45) is 0 Å². The van der Waals surface area contributed by atoms with Gasteiger partial charge in [0.05, 0.1) is 38.0 Å². The Kier molecular flexibility index (Phi) is 38.9. The van der Waals surface area contributed by atoms with E-state index in [4.69, 9.17) is 40.8 Å². The van der Waals surface area contributed by atoms with Crippen LogP contribution in [0.4, 0.5) is 0 Å². The molecule has 0 radical (unpaired) electrons. The molecule has 0 aliphatic carbocycles. The van der Waals surface area contributed by atoms with Gasteiger partial charge in [0.1, 0.15) is 0 Å². The Morgan fingerprint density at radius 2 is 0.767 bits per heavy atom. The topological polar surface area (TPSA) is 247 Å². The fourth-order valence-corrected chi connectivity index (χ4v) is 1.48. The summed E-state index contributed by atoms with van der Waals surface area (Å²) in [4.78, 5) is 44.4. The van der Waals surface area contributed by atoms with Gasteiger partial charge in [0, 0.05) is 13.1 Å². The van der Waals surface area contributed by atoms with Crippen LogP contribution in [-0.4, -0.2) is 102 Å². The first-order chi connectivity index (χ1) is 12.2. The third-order valence-corrected chi connectivity index (χ3v) is 2.17. The van der Waals surface area contributed by atoms with Crippen molar-refractivity contribution in [2.75, 3.05) is 39.3 Å². The SMILES string of the molecule is O=C(O)CN(CCN(CC(=O)O)CC(=O)O)CC(=O)O.OCl.[H-].[H-].[H-].[Na+].[Na+].[Na+].[O]=[Mn](=[O])(=[O])[OH]. The number of nitrogens with zero attached hydrogens (tertiary/aromatic N) is 2. The van der Waals surface area contributed by atoms with Gasteiger partial charge in [0.15, 0.2) is 0 Å². The molecular weight excluding hydrogens is 515 g/mol. The molecule has 0 aromatic carbocycles. The van der Waals surface area contributed by atoms with E-state index in [2.05, 4.69) is 11.9 Å². The molecule has 6 N–H and O–H groups in total. The van der Waals surface area contributed by atoms with Crippen LogP contribution in [0.25, 0.3) is 0 Å². The van der Waals surface area contributed by atoms with Gasteiger partial charge in [-0.1, -0.05) is 0 Å². The summed E-state index contributed by atoms with van der Waals surface area (Å²) in [6, 6.07) is 0. The maximum atomic E-state index is 10.6. The Labute approximate surface area is 248 Å². The van der Waals surface area contributed by atoms with Gasteiger partial charge in [-0.2, -0.15) is 0 Å². The van der Waals surface area contributed by atoms with E-state index < -0.39 is 63.0 Å². The average molecular weight is 537 g/mol. The molecule has 15 nitrogen and oxygen atoms in total. The molecular formula is C10H21ClMnN2Na3O13. The molecule has 0 saturated heterocycles. The van der Waals surface area contributed by atoms with Crippen LogP contribution in [0.15, 0.2) is 0 Å². The summed E-state index contributed by atoms with van der Waals surface area (Å²) < 4.78 is 39.5. The quantitative estimate of drug-likeness (QED) is 0.134. The van der Waals surface area contributed by atoms with Crippen molar-refractivity contribution in [3.63, 3.8) is 0 Å². The fraction of sp³-hybridized carbons (Fsp3) is 0.600. The Morgan fingerprint density at radius 1 is 0.633 bits per heavy atom. The molecule has 0 spiro atoms. The number of hydrogen-bond donors (Lipinski definition) is 6. The van der Waals surface area contributed by atoms with Crippen molar-refractivity contribution in [3.8, 4) is 0 Å². The van der Waals surface area contributed by atoms with Gasteiger partial charge in [0.25, 0.3) is 0 Å².